The van der Waals surface area contributed by atoms with E-state index in [0.29, 0.717) is 9.63 Å². The Labute approximate surface area is 102 Å². The molecule has 1 aromatic heterocycles. The fraction of sp³-hybridized carbons (Fsp3) is 0.250. The highest BCUT2D eigenvalue weighted by molar-refractivity contribution is 9.10. The fourth-order valence-corrected chi connectivity index (χ4v) is 2.48. The molecule has 1 atom stereocenters. The topological polar surface area (TPSA) is 66.1 Å². The van der Waals surface area contributed by atoms with Crippen LogP contribution in [0.25, 0.3) is 0 Å². The molecule has 0 aliphatic rings. The van der Waals surface area contributed by atoms with Crippen LogP contribution in [0.2, 0.25) is 5.15 Å². The van der Waals surface area contributed by atoms with Crippen LogP contribution in [0.1, 0.15) is 5.56 Å². The first kappa shape index (κ1) is 12.4. The summed E-state index contributed by atoms with van der Waals surface area (Å²) in [6.07, 6.45) is 4.49. The van der Waals surface area contributed by atoms with Gasteiger partial charge in [-0.25, -0.2) is 9.19 Å². The van der Waals surface area contributed by atoms with E-state index in [1.165, 1.54) is 12.5 Å². The van der Waals surface area contributed by atoms with E-state index < -0.39 is 9.73 Å². The molecule has 15 heavy (non-hydrogen) atoms. The Hall–Kier alpha value is -0.640. The van der Waals surface area contributed by atoms with Gasteiger partial charge in [-0.3, -0.25) is 0 Å². The van der Waals surface area contributed by atoms with Crippen molar-refractivity contribution in [3.05, 3.63) is 27.5 Å². The van der Waals surface area contributed by atoms with Crippen LogP contribution in [-0.2, 0) is 15.5 Å². The van der Waals surface area contributed by atoms with E-state index >= 15 is 0 Å². The summed E-state index contributed by atoms with van der Waals surface area (Å²) in [5, 5.41) is 8.68. The third-order valence-corrected chi connectivity index (χ3v) is 3.99. The van der Waals surface area contributed by atoms with Crippen LogP contribution in [0.5, 0.6) is 0 Å². The lowest BCUT2D eigenvalue weighted by Crippen LogP contribution is -2.01. The summed E-state index contributed by atoms with van der Waals surface area (Å²) in [4.78, 5) is 3.89. The first-order valence-corrected chi connectivity index (χ1v) is 7.09. The highest BCUT2D eigenvalue weighted by Crippen LogP contribution is 2.21. The van der Waals surface area contributed by atoms with E-state index in [1.807, 2.05) is 0 Å². The van der Waals surface area contributed by atoms with Crippen LogP contribution >= 0.6 is 27.5 Å². The van der Waals surface area contributed by atoms with Gasteiger partial charge < -0.3 is 0 Å². The van der Waals surface area contributed by atoms with Gasteiger partial charge in [0, 0.05) is 12.5 Å². The third-order valence-electron chi connectivity index (χ3n) is 1.52. The molecule has 80 valence electrons. The zero-order chi connectivity index (χ0) is 11.5. The number of nitrogens with zero attached hydrogens (tertiary/aromatic N) is 3. The van der Waals surface area contributed by atoms with Crippen LogP contribution in [-0.4, -0.2) is 15.4 Å². The monoisotopic (exact) mass is 307 g/mol. The maximum absolute atomic E-state index is 11.7. The normalized spacial score (nSPS) is 14.0. The summed E-state index contributed by atoms with van der Waals surface area (Å²) in [6, 6.07) is 1.71. The maximum atomic E-state index is 11.7. The Morgan fingerprint density at radius 1 is 1.80 bits per heavy atom. The molecule has 1 unspecified atom stereocenters. The smallest absolute Gasteiger partial charge is 0.214 e. The minimum atomic E-state index is -2.50. The Morgan fingerprint density at radius 3 is 3.00 bits per heavy atom. The van der Waals surface area contributed by atoms with Gasteiger partial charge in [-0.15, -0.1) is 4.36 Å². The van der Waals surface area contributed by atoms with E-state index in [-0.39, 0.29) is 5.75 Å². The van der Waals surface area contributed by atoms with Crippen molar-refractivity contribution >= 4 is 37.3 Å². The van der Waals surface area contributed by atoms with E-state index in [4.69, 9.17) is 16.9 Å². The second-order valence-electron chi connectivity index (χ2n) is 2.91. The van der Waals surface area contributed by atoms with E-state index in [0.717, 1.165) is 5.56 Å². The molecule has 1 rings (SSSR count). The van der Waals surface area contributed by atoms with Crippen molar-refractivity contribution in [2.45, 2.75) is 5.75 Å². The molecule has 0 aromatic carbocycles. The summed E-state index contributed by atoms with van der Waals surface area (Å²) in [5.74, 6) is 0.184. The Balaban J connectivity index is 3.03. The number of halogens is 2. The van der Waals surface area contributed by atoms with Gasteiger partial charge >= 0.3 is 0 Å². The molecule has 0 saturated carbocycles. The van der Waals surface area contributed by atoms with Crippen molar-refractivity contribution in [2.24, 2.45) is 4.36 Å². The lowest BCUT2D eigenvalue weighted by Gasteiger charge is -2.03. The summed E-state index contributed by atoms with van der Waals surface area (Å²) in [6.45, 7) is 0. The standard InChI is InChI=1S/C8H7BrClN3OS/c1-15(14,13-5-11)4-6-2-7(9)8(10)12-3-6/h2-3H,4H2,1H3. The average molecular weight is 309 g/mol. The van der Waals surface area contributed by atoms with Crippen molar-refractivity contribution in [2.75, 3.05) is 6.26 Å². The van der Waals surface area contributed by atoms with Gasteiger partial charge in [0.05, 0.1) is 20.0 Å². The average Bonchev–Trinajstić information content (AvgIpc) is 2.10. The molecule has 0 saturated heterocycles. The Kier molecular flexibility index (Phi) is 4.08. The number of hydrogen-bond donors (Lipinski definition) is 0. The second-order valence-corrected chi connectivity index (χ2v) is 6.51. The van der Waals surface area contributed by atoms with Gasteiger partial charge in [-0.05, 0) is 27.6 Å². The van der Waals surface area contributed by atoms with E-state index in [9.17, 15) is 4.21 Å². The minimum Gasteiger partial charge on any atom is -0.249 e. The largest absolute Gasteiger partial charge is 0.249 e. The number of rotatable bonds is 2. The summed E-state index contributed by atoms with van der Waals surface area (Å²) in [5.41, 5.74) is 0.720. The molecular formula is C8H7BrClN3OS. The van der Waals surface area contributed by atoms with Crippen molar-refractivity contribution in [3.63, 3.8) is 0 Å². The summed E-state index contributed by atoms with van der Waals surface area (Å²) >= 11 is 8.92. The molecule has 0 amide bonds. The second kappa shape index (κ2) is 4.92. The van der Waals surface area contributed by atoms with Gasteiger partial charge in [-0.1, -0.05) is 11.6 Å². The number of pyridine rings is 1. The number of nitriles is 1. The lowest BCUT2D eigenvalue weighted by atomic mass is 10.3. The first-order chi connectivity index (χ1) is 6.94. The molecule has 0 N–H and O–H groups in total. The molecule has 0 aliphatic carbocycles. The first-order valence-electron chi connectivity index (χ1n) is 3.82. The van der Waals surface area contributed by atoms with Gasteiger partial charge in [0.2, 0.25) is 6.19 Å². The predicted molar refractivity (Wildman–Crippen MR) is 62.8 cm³/mol. The van der Waals surface area contributed by atoms with Gasteiger partial charge in [0.1, 0.15) is 5.15 Å². The predicted octanol–water partition coefficient (Wildman–Crippen LogP) is 2.58. The molecular weight excluding hydrogens is 302 g/mol. The van der Waals surface area contributed by atoms with Crippen molar-refractivity contribution < 1.29 is 4.21 Å². The van der Waals surface area contributed by atoms with Crippen LogP contribution in [0, 0.1) is 11.5 Å². The molecule has 0 radical (unpaired) electrons. The maximum Gasteiger partial charge on any atom is 0.214 e. The quantitative estimate of drug-likeness (QED) is 0.623. The van der Waals surface area contributed by atoms with Gasteiger partial charge in [-0.2, -0.15) is 5.26 Å². The minimum absolute atomic E-state index is 0.184. The van der Waals surface area contributed by atoms with E-state index in [2.05, 4.69) is 25.3 Å². The fourth-order valence-electron chi connectivity index (χ4n) is 0.968. The number of aromatic nitrogens is 1. The molecule has 7 heteroatoms. The number of hydrogen-bond acceptors (Lipinski definition) is 4. The van der Waals surface area contributed by atoms with Crippen LogP contribution < -0.4 is 0 Å². The van der Waals surface area contributed by atoms with Crippen molar-refractivity contribution in [3.8, 4) is 6.19 Å². The highest BCUT2D eigenvalue weighted by Gasteiger charge is 2.06. The molecule has 0 fully saturated rings. The molecule has 0 bridgehead atoms. The van der Waals surface area contributed by atoms with Crippen molar-refractivity contribution in [1.82, 2.24) is 4.98 Å². The SMILES string of the molecule is CS(=O)(Cc1cnc(Cl)c(Br)c1)=NC#N. The van der Waals surface area contributed by atoms with Crippen LogP contribution in [0.3, 0.4) is 0 Å². The Morgan fingerprint density at radius 2 is 2.47 bits per heavy atom. The molecule has 0 spiro atoms. The molecule has 4 nitrogen and oxygen atoms in total. The summed E-state index contributed by atoms with van der Waals surface area (Å²) in [7, 11) is -2.50. The van der Waals surface area contributed by atoms with Gasteiger partial charge in [0.15, 0.2) is 0 Å². The lowest BCUT2D eigenvalue weighted by molar-refractivity contribution is 0.680. The van der Waals surface area contributed by atoms with E-state index in [1.54, 1.807) is 12.3 Å². The van der Waals surface area contributed by atoms with Crippen LogP contribution in [0.15, 0.2) is 21.1 Å². The third kappa shape index (κ3) is 3.78. The van der Waals surface area contributed by atoms with Crippen molar-refractivity contribution in [1.29, 1.82) is 5.26 Å². The highest BCUT2D eigenvalue weighted by atomic mass is 79.9. The molecule has 0 aliphatic heterocycles. The molecule has 1 aromatic rings. The zero-order valence-electron chi connectivity index (χ0n) is 7.78. The van der Waals surface area contributed by atoms with Gasteiger partial charge in [0.25, 0.3) is 0 Å². The Bertz CT molecular complexity index is 531. The zero-order valence-corrected chi connectivity index (χ0v) is 10.9. The molecule has 1 heterocycles. The summed E-state index contributed by atoms with van der Waals surface area (Å²) < 4.78 is 15.7. The van der Waals surface area contributed by atoms with Crippen LogP contribution in [0.4, 0.5) is 0 Å².